The Labute approximate surface area is 178 Å². The number of anilines is 1. The van der Waals surface area contributed by atoms with Crippen molar-refractivity contribution in [3.63, 3.8) is 0 Å². The molecule has 0 saturated carbocycles. The summed E-state index contributed by atoms with van der Waals surface area (Å²) in [6, 6.07) is 15.5. The zero-order chi connectivity index (χ0) is 21.1. The number of oxime groups is 1. The molecule has 0 N–H and O–H groups in total. The molecular formula is C23H27N3O3S. The third-order valence-corrected chi connectivity index (χ3v) is 8.94. The van der Waals surface area contributed by atoms with E-state index in [1.807, 2.05) is 19.2 Å². The van der Waals surface area contributed by atoms with Crippen molar-refractivity contribution in [3.05, 3.63) is 59.7 Å². The standard InChI is InChI=1S/C23H27N3O3S/c1-22(2)19-11-4-5-12-21(19)25(3)23(22)16-20(24-29-23)17-9-8-10-18(15-17)30(27,28)26-13-6-7-14-26/h4-5,8-12,15H,6-7,13-14,16H2,1-3H3/t23-/m1/s1. The van der Waals surface area contributed by atoms with Crippen molar-refractivity contribution in [1.29, 1.82) is 0 Å². The Morgan fingerprint density at radius 1 is 1.03 bits per heavy atom. The van der Waals surface area contributed by atoms with E-state index in [-0.39, 0.29) is 5.41 Å². The SMILES string of the molecule is CN1c2ccccc2C(C)(C)[C@]12CC(c1cccc(S(=O)(=O)N3CCCC3)c1)=NO2. The highest BCUT2D eigenvalue weighted by Crippen LogP contribution is 2.55. The summed E-state index contributed by atoms with van der Waals surface area (Å²) < 4.78 is 27.6. The molecule has 2 aromatic carbocycles. The summed E-state index contributed by atoms with van der Waals surface area (Å²) in [4.78, 5) is 8.65. The predicted octanol–water partition coefficient (Wildman–Crippen LogP) is 3.72. The van der Waals surface area contributed by atoms with Crippen molar-refractivity contribution < 1.29 is 13.3 Å². The average Bonchev–Trinajstić information content (AvgIpc) is 3.47. The van der Waals surface area contributed by atoms with E-state index in [0.717, 1.165) is 29.8 Å². The van der Waals surface area contributed by atoms with Crippen LogP contribution in [0.5, 0.6) is 0 Å². The Hall–Kier alpha value is -2.38. The Morgan fingerprint density at radius 3 is 2.50 bits per heavy atom. The maximum Gasteiger partial charge on any atom is 0.243 e. The minimum atomic E-state index is -3.47. The lowest BCUT2D eigenvalue weighted by atomic mass is 9.75. The molecular weight excluding hydrogens is 398 g/mol. The van der Waals surface area contributed by atoms with E-state index in [0.29, 0.717) is 24.4 Å². The zero-order valence-electron chi connectivity index (χ0n) is 17.6. The normalized spacial score (nSPS) is 25.4. The lowest BCUT2D eigenvalue weighted by Gasteiger charge is -2.40. The van der Waals surface area contributed by atoms with Crippen molar-refractivity contribution in [1.82, 2.24) is 4.31 Å². The van der Waals surface area contributed by atoms with Crippen LogP contribution in [0.3, 0.4) is 0 Å². The van der Waals surface area contributed by atoms with Crippen LogP contribution in [0.4, 0.5) is 5.69 Å². The van der Waals surface area contributed by atoms with Crippen LogP contribution >= 0.6 is 0 Å². The van der Waals surface area contributed by atoms with E-state index >= 15 is 0 Å². The smallest absolute Gasteiger partial charge is 0.243 e. The Balaban J connectivity index is 1.47. The van der Waals surface area contributed by atoms with Gasteiger partial charge in [0, 0.05) is 31.4 Å². The molecule has 3 aliphatic heterocycles. The maximum atomic E-state index is 13.0. The zero-order valence-corrected chi connectivity index (χ0v) is 18.4. The van der Waals surface area contributed by atoms with E-state index in [1.54, 1.807) is 22.5 Å². The summed E-state index contributed by atoms with van der Waals surface area (Å²) >= 11 is 0. The average molecular weight is 426 g/mol. The molecule has 0 radical (unpaired) electrons. The van der Waals surface area contributed by atoms with Gasteiger partial charge in [-0.1, -0.05) is 35.5 Å². The first kappa shape index (κ1) is 19.6. The minimum absolute atomic E-state index is 0.275. The molecule has 1 saturated heterocycles. The molecule has 5 rings (SSSR count). The van der Waals surface area contributed by atoms with Crippen molar-refractivity contribution in [2.24, 2.45) is 5.16 Å². The van der Waals surface area contributed by atoms with E-state index in [9.17, 15) is 8.42 Å². The summed E-state index contributed by atoms with van der Waals surface area (Å²) in [6.07, 6.45) is 2.42. The molecule has 158 valence electrons. The van der Waals surface area contributed by atoms with Crippen molar-refractivity contribution >= 4 is 21.4 Å². The van der Waals surface area contributed by atoms with Crippen LogP contribution in [0.25, 0.3) is 0 Å². The number of likely N-dealkylation sites (N-methyl/N-ethyl adjacent to an activating group) is 1. The second-order valence-electron chi connectivity index (χ2n) is 8.93. The number of rotatable bonds is 3. The molecule has 0 bridgehead atoms. The lowest BCUT2D eigenvalue weighted by Crippen LogP contribution is -2.54. The van der Waals surface area contributed by atoms with Crippen LogP contribution < -0.4 is 4.90 Å². The van der Waals surface area contributed by atoms with Gasteiger partial charge in [0.25, 0.3) is 0 Å². The largest absolute Gasteiger partial charge is 0.366 e. The van der Waals surface area contributed by atoms with Crippen LogP contribution in [-0.2, 0) is 20.3 Å². The highest BCUT2D eigenvalue weighted by Gasteiger charge is 2.61. The fraction of sp³-hybridized carbons (Fsp3) is 0.435. The van der Waals surface area contributed by atoms with Crippen LogP contribution in [0.1, 0.15) is 44.2 Å². The van der Waals surface area contributed by atoms with Crippen molar-refractivity contribution in [2.75, 3.05) is 25.0 Å². The molecule has 7 heteroatoms. The van der Waals surface area contributed by atoms with Gasteiger partial charge in [0.1, 0.15) is 0 Å². The first-order valence-corrected chi connectivity index (χ1v) is 11.9. The van der Waals surface area contributed by atoms with Gasteiger partial charge in [-0.25, -0.2) is 8.42 Å². The summed E-state index contributed by atoms with van der Waals surface area (Å²) in [7, 11) is -1.43. The number of fused-ring (bicyclic) bond motifs is 1. The second kappa shape index (κ2) is 6.56. The number of benzene rings is 2. The quantitative estimate of drug-likeness (QED) is 0.752. The fourth-order valence-electron chi connectivity index (χ4n) is 5.12. The Bertz CT molecular complexity index is 1140. The minimum Gasteiger partial charge on any atom is -0.366 e. The van der Waals surface area contributed by atoms with Gasteiger partial charge in [0.05, 0.1) is 22.4 Å². The first-order valence-electron chi connectivity index (χ1n) is 10.5. The molecule has 2 aromatic rings. The number of hydrogen-bond acceptors (Lipinski definition) is 5. The number of nitrogens with zero attached hydrogens (tertiary/aromatic N) is 3. The lowest BCUT2D eigenvalue weighted by molar-refractivity contribution is -0.0591. The van der Waals surface area contributed by atoms with Gasteiger partial charge < -0.3 is 9.74 Å². The number of para-hydroxylation sites is 1. The molecule has 1 atom stereocenters. The van der Waals surface area contributed by atoms with Crippen LogP contribution in [0.15, 0.2) is 58.6 Å². The van der Waals surface area contributed by atoms with Gasteiger partial charge >= 0.3 is 0 Å². The molecule has 30 heavy (non-hydrogen) atoms. The van der Waals surface area contributed by atoms with Gasteiger partial charge in [-0.2, -0.15) is 4.31 Å². The first-order chi connectivity index (χ1) is 14.3. The van der Waals surface area contributed by atoms with E-state index < -0.39 is 15.7 Å². The fourth-order valence-corrected chi connectivity index (χ4v) is 6.69. The second-order valence-corrected chi connectivity index (χ2v) is 10.9. The third kappa shape index (κ3) is 2.58. The van der Waals surface area contributed by atoms with E-state index in [4.69, 9.17) is 4.84 Å². The third-order valence-electron chi connectivity index (χ3n) is 7.04. The van der Waals surface area contributed by atoms with Gasteiger partial charge in [-0.15, -0.1) is 0 Å². The van der Waals surface area contributed by atoms with E-state index in [2.05, 4.69) is 42.1 Å². The van der Waals surface area contributed by atoms with Crippen molar-refractivity contribution in [2.45, 2.75) is 49.1 Å². The summed E-state index contributed by atoms with van der Waals surface area (Å²) in [5.74, 6) is 0. The van der Waals surface area contributed by atoms with Crippen LogP contribution in [-0.4, -0.2) is 44.3 Å². The van der Waals surface area contributed by atoms with Gasteiger partial charge in [-0.3, -0.25) is 0 Å². The summed E-state index contributed by atoms with van der Waals surface area (Å²) in [5.41, 5.74) is 3.05. The van der Waals surface area contributed by atoms with Crippen molar-refractivity contribution in [3.8, 4) is 0 Å². The molecule has 6 nitrogen and oxygen atoms in total. The maximum absolute atomic E-state index is 13.0. The molecule has 0 amide bonds. The van der Waals surface area contributed by atoms with Gasteiger partial charge in [0.2, 0.25) is 15.7 Å². The van der Waals surface area contributed by atoms with Gasteiger partial charge in [-0.05, 0) is 50.5 Å². The number of hydrogen-bond donors (Lipinski definition) is 0. The predicted molar refractivity (Wildman–Crippen MR) is 117 cm³/mol. The topological polar surface area (TPSA) is 62.2 Å². The molecule has 0 unspecified atom stereocenters. The molecule has 1 spiro atoms. The highest BCUT2D eigenvalue weighted by molar-refractivity contribution is 7.89. The monoisotopic (exact) mass is 425 g/mol. The summed E-state index contributed by atoms with van der Waals surface area (Å²) in [5, 5.41) is 4.46. The molecule has 0 aliphatic carbocycles. The molecule has 3 aliphatic rings. The molecule has 0 aromatic heterocycles. The Morgan fingerprint density at radius 2 is 1.77 bits per heavy atom. The van der Waals surface area contributed by atoms with Crippen LogP contribution in [0, 0.1) is 0 Å². The highest BCUT2D eigenvalue weighted by atomic mass is 32.2. The Kier molecular flexibility index (Phi) is 4.28. The van der Waals surface area contributed by atoms with E-state index in [1.165, 1.54) is 5.56 Å². The number of sulfonamides is 1. The summed E-state index contributed by atoms with van der Waals surface area (Å²) in [6.45, 7) is 5.55. The molecule has 3 heterocycles. The van der Waals surface area contributed by atoms with Gasteiger partial charge in [0.15, 0.2) is 0 Å². The molecule has 1 fully saturated rings. The van der Waals surface area contributed by atoms with Crippen LogP contribution in [0.2, 0.25) is 0 Å².